The number of benzene rings is 1. The minimum Gasteiger partial charge on any atom is -0.314 e. The molecule has 1 fully saturated rings. The fourth-order valence-corrected chi connectivity index (χ4v) is 2.81. The highest BCUT2D eigenvalue weighted by molar-refractivity contribution is 5.85. The first-order valence-electron chi connectivity index (χ1n) is 7.49. The van der Waals surface area contributed by atoms with Gasteiger partial charge in [0, 0.05) is 32.2 Å². The molecule has 4 heteroatoms. The van der Waals surface area contributed by atoms with Gasteiger partial charge in [-0.15, -0.1) is 31.4 Å². The smallest absolute Gasteiger partial charge is 0.0352 e. The molecule has 1 aliphatic heterocycles. The maximum Gasteiger partial charge on any atom is 0.0352 e. The van der Waals surface area contributed by atoms with Gasteiger partial charge in [-0.05, 0) is 30.4 Å². The molecule has 0 unspecified atom stereocenters. The van der Waals surface area contributed by atoms with Crippen molar-refractivity contribution in [1.82, 2.24) is 10.2 Å². The lowest BCUT2D eigenvalue weighted by atomic mass is 9.98. The molecular formula is C17H28Cl2N2. The molecule has 1 saturated heterocycles. The highest BCUT2D eigenvalue weighted by Gasteiger charge is 2.21. The molecule has 2 nitrogen and oxygen atoms in total. The first-order chi connectivity index (χ1) is 9.35. The Morgan fingerprint density at radius 2 is 1.81 bits per heavy atom. The van der Waals surface area contributed by atoms with Crippen molar-refractivity contribution >= 4 is 24.8 Å². The number of piperazine rings is 1. The maximum atomic E-state index is 3.87. The van der Waals surface area contributed by atoms with E-state index in [2.05, 4.69) is 48.0 Å². The van der Waals surface area contributed by atoms with Crippen LogP contribution >= 0.6 is 24.8 Å². The lowest BCUT2D eigenvalue weighted by molar-refractivity contribution is 0.166. The van der Waals surface area contributed by atoms with Crippen LogP contribution in [0.2, 0.25) is 0 Å². The molecule has 2 rings (SSSR count). The van der Waals surface area contributed by atoms with Crippen LogP contribution in [-0.4, -0.2) is 31.1 Å². The van der Waals surface area contributed by atoms with Crippen molar-refractivity contribution in [3.8, 4) is 0 Å². The number of rotatable bonds is 6. The molecule has 1 atom stereocenters. The van der Waals surface area contributed by atoms with Crippen molar-refractivity contribution in [2.45, 2.75) is 32.2 Å². The number of allylic oxidation sites excluding steroid dienone is 1. The standard InChI is InChI=1S/C17H26N2.2ClH/c1-3-5-6-17(19-13-11-18-12-14-19)16-9-7-15(4-2)8-10-16;;/h3,7-10,17-18H,1,4-6,11-14H2,2H3;2*1H/t17-;;/m0../s1. The van der Waals surface area contributed by atoms with E-state index in [0.29, 0.717) is 6.04 Å². The van der Waals surface area contributed by atoms with Gasteiger partial charge in [0.1, 0.15) is 0 Å². The minimum atomic E-state index is 0. The van der Waals surface area contributed by atoms with Gasteiger partial charge in [0.2, 0.25) is 0 Å². The van der Waals surface area contributed by atoms with E-state index in [0.717, 1.165) is 39.0 Å². The van der Waals surface area contributed by atoms with Gasteiger partial charge in [-0.2, -0.15) is 0 Å². The first-order valence-corrected chi connectivity index (χ1v) is 7.49. The number of nitrogens with zero attached hydrogens (tertiary/aromatic N) is 1. The molecule has 1 aromatic carbocycles. The largest absolute Gasteiger partial charge is 0.314 e. The molecule has 1 N–H and O–H groups in total. The third-order valence-electron chi connectivity index (χ3n) is 4.01. The second-order valence-corrected chi connectivity index (χ2v) is 5.26. The van der Waals surface area contributed by atoms with Crippen LogP contribution in [-0.2, 0) is 6.42 Å². The summed E-state index contributed by atoms with van der Waals surface area (Å²) in [5.41, 5.74) is 2.88. The Balaban J connectivity index is 0.00000200. The van der Waals surface area contributed by atoms with Crippen LogP contribution in [0.25, 0.3) is 0 Å². The van der Waals surface area contributed by atoms with E-state index in [9.17, 15) is 0 Å². The Labute approximate surface area is 141 Å². The molecule has 0 amide bonds. The van der Waals surface area contributed by atoms with E-state index in [1.807, 2.05) is 6.08 Å². The van der Waals surface area contributed by atoms with Crippen LogP contribution in [0.3, 0.4) is 0 Å². The third-order valence-corrected chi connectivity index (χ3v) is 4.01. The van der Waals surface area contributed by atoms with Gasteiger partial charge in [-0.3, -0.25) is 4.90 Å². The van der Waals surface area contributed by atoms with Crippen LogP contribution < -0.4 is 5.32 Å². The predicted molar refractivity (Wildman–Crippen MR) is 96.9 cm³/mol. The minimum absolute atomic E-state index is 0. The average Bonchev–Trinajstić information content (AvgIpc) is 2.49. The van der Waals surface area contributed by atoms with Gasteiger partial charge in [0.05, 0.1) is 0 Å². The summed E-state index contributed by atoms with van der Waals surface area (Å²) < 4.78 is 0. The van der Waals surface area contributed by atoms with Gasteiger partial charge in [-0.25, -0.2) is 0 Å². The van der Waals surface area contributed by atoms with Crippen molar-refractivity contribution in [2.75, 3.05) is 26.2 Å². The van der Waals surface area contributed by atoms with Crippen LogP contribution in [0.15, 0.2) is 36.9 Å². The van der Waals surface area contributed by atoms with Crippen molar-refractivity contribution in [1.29, 1.82) is 0 Å². The molecule has 0 radical (unpaired) electrons. The monoisotopic (exact) mass is 330 g/mol. The summed E-state index contributed by atoms with van der Waals surface area (Å²) in [6, 6.07) is 9.73. The molecule has 0 aliphatic carbocycles. The van der Waals surface area contributed by atoms with Crippen molar-refractivity contribution < 1.29 is 0 Å². The molecule has 0 aromatic heterocycles. The number of nitrogens with one attached hydrogen (secondary N) is 1. The van der Waals surface area contributed by atoms with E-state index in [1.165, 1.54) is 17.5 Å². The number of halogens is 2. The van der Waals surface area contributed by atoms with Crippen LogP contribution in [0, 0.1) is 0 Å². The van der Waals surface area contributed by atoms with Crippen molar-refractivity contribution in [3.05, 3.63) is 48.0 Å². The van der Waals surface area contributed by atoms with E-state index in [1.54, 1.807) is 0 Å². The lowest BCUT2D eigenvalue weighted by Crippen LogP contribution is -2.45. The average molecular weight is 331 g/mol. The topological polar surface area (TPSA) is 15.3 Å². The second-order valence-electron chi connectivity index (χ2n) is 5.26. The molecule has 0 saturated carbocycles. The van der Waals surface area contributed by atoms with E-state index < -0.39 is 0 Å². The van der Waals surface area contributed by atoms with Crippen LogP contribution in [0.5, 0.6) is 0 Å². The molecule has 1 aromatic rings. The zero-order valence-electron chi connectivity index (χ0n) is 12.9. The number of aryl methyl sites for hydroxylation is 1. The van der Waals surface area contributed by atoms with E-state index in [-0.39, 0.29) is 24.8 Å². The highest BCUT2D eigenvalue weighted by Crippen LogP contribution is 2.26. The van der Waals surface area contributed by atoms with Crippen molar-refractivity contribution in [3.63, 3.8) is 0 Å². The lowest BCUT2D eigenvalue weighted by Gasteiger charge is -2.35. The zero-order chi connectivity index (χ0) is 13.5. The maximum absolute atomic E-state index is 3.87. The van der Waals surface area contributed by atoms with Crippen LogP contribution in [0.4, 0.5) is 0 Å². The predicted octanol–water partition coefficient (Wildman–Crippen LogP) is 4.01. The van der Waals surface area contributed by atoms with Gasteiger partial charge in [0.25, 0.3) is 0 Å². The SMILES string of the molecule is C=CCC[C@@H](c1ccc(CC)cc1)N1CCNCC1.Cl.Cl. The van der Waals surface area contributed by atoms with Crippen molar-refractivity contribution in [2.24, 2.45) is 0 Å². The summed E-state index contributed by atoms with van der Waals surface area (Å²) >= 11 is 0. The second kappa shape index (κ2) is 11.1. The van der Waals surface area contributed by atoms with E-state index in [4.69, 9.17) is 0 Å². The Hall–Kier alpha value is -0.540. The zero-order valence-corrected chi connectivity index (χ0v) is 14.5. The summed E-state index contributed by atoms with van der Waals surface area (Å²) in [6.07, 6.45) is 5.42. The Morgan fingerprint density at radius 1 is 1.19 bits per heavy atom. The van der Waals surface area contributed by atoms with Gasteiger partial charge in [-0.1, -0.05) is 37.3 Å². The quantitative estimate of drug-likeness (QED) is 0.793. The van der Waals surface area contributed by atoms with Gasteiger partial charge in [0.15, 0.2) is 0 Å². The van der Waals surface area contributed by atoms with Gasteiger partial charge < -0.3 is 5.32 Å². The summed E-state index contributed by atoms with van der Waals surface area (Å²) in [5.74, 6) is 0. The Bertz CT molecular complexity index is 386. The molecule has 0 spiro atoms. The molecule has 21 heavy (non-hydrogen) atoms. The molecule has 1 heterocycles. The summed E-state index contributed by atoms with van der Waals surface area (Å²) in [4.78, 5) is 2.61. The summed E-state index contributed by atoms with van der Waals surface area (Å²) in [6.45, 7) is 10.6. The van der Waals surface area contributed by atoms with Crippen LogP contribution in [0.1, 0.15) is 36.9 Å². The fraction of sp³-hybridized carbons (Fsp3) is 0.529. The third kappa shape index (κ3) is 5.99. The normalized spacial score (nSPS) is 16.4. The van der Waals surface area contributed by atoms with E-state index >= 15 is 0 Å². The molecule has 0 bridgehead atoms. The molecular weight excluding hydrogens is 303 g/mol. The summed E-state index contributed by atoms with van der Waals surface area (Å²) in [7, 11) is 0. The first kappa shape index (κ1) is 20.5. The fourth-order valence-electron chi connectivity index (χ4n) is 2.81. The molecule has 1 aliphatic rings. The van der Waals surface area contributed by atoms with Gasteiger partial charge >= 0.3 is 0 Å². The Kier molecular flexibility index (Phi) is 10.8. The number of hydrogen-bond acceptors (Lipinski definition) is 2. The number of hydrogen-bond donors (Lipinski definition) is 1. The highest BCUT2D eigenvalue weighted by atomic mass is 35.5. The summed E-state index contributed by atoms with van der Waals surface area (Å²) in [5, 5.41) is 3.43. The molecule has 120 valence electrons. The Morgan fingerprint density at radius 3 is 2.33 bits per heavy atom.